The molecular formula is C26H33Cl3N2O4S2. The molecule has 2 aromatic carbocycles. The van der Waals surface area contributed by atoms with Crippen LogP contribution in [0.3, 0.4) is 0 Å². The summed E-state index contributed by atoms with van der Waals surface area (Å²) in [7, 11) is -6.80. The van der Waals surface area contributed by atoms with Gasteiger partial charge in [0.15, 0.2) is 0 Å². The zero-order valence-electron chi connectivity index (χ0n) is 20.8. The monoisotopic (exact) mass is 606 g/mol. The molecule has 3 rings (SSSR count). The number of benzene rings is 2. The van der Waals surface area contributed by atoms with Gasteiger partial charge in [-0.25, -0.2) is 16.8 Å². The van der Waals surface area contributed by atoms with Crippen LogP contribution in [0.4, 0.5) is 5.69 Å². The molecule has 1 heterocycles. The molecule has 37 heavy (non-hydrogen) atoms. The van der Waals surface area contributed by atoms with Crippen LogP contribution in [0.1, 0.15) is 32.1 Å². The highest BCUT2D eigenvalue weighted by Gasteiger charge is 2.27. The smallest absolute Gasteiger partial charge is 0.264 e. The van der Waals surface area contributed by atoms with E-state index < -0.39 is 19.9 Å². The van der Waals surface area contributed by atoms with Gasteiger partial charge < -0.3 is 4.90 Å². The Labute approximate surface area is 236 Å². The van der Waals surface area contributed by atoms with Crippen molar-refractivity contribution in [2.45, 2.75) is 37.0 Å². The van der Waals surface area contributed by atoms with Gasteiger partial charge in [0.05, 0.1) is 21.4 Å². The number of halogens is 3. The van der Waals surface area contributed by atoms with Crippen LogP contribution in [-0.4, -0.2) is 59.9 Å². The molecule has 1 aliphatic heterocycles. The fraction of sp³-hybridized carbons (Fsp3) is 0.462. The second kappa shape index (κ2) is 14.6. The van der Waals surface area contributed by atoms with Gasteiger partial charge in [-0.3, -0.25) is 4.31 Å². The molecule has 2 aromatic rings. The first-order valence-electron chi connectivity index (χ1n) is 11.9. The molecule has 0 unspecified atom stereocenters. The maximum absolute atomic E-state index is 13.5. The molecule has 0 radical (unpaired) electrons. The van der Waals surface area contributed by atoms with Crippen LogP contribution in [0.15, 0.2) is 47.4 Å². The van der Waals surface area contributed by atoms with E-state index in [-0.39, 0.29) is 23.1 Å². The Morgan fingerprint density at radius 3 is 2.08 bits per heavy atom. The van der Waals surface area contributed by atoms with Crippen LogP contribution < -0.4 is 4.31 Å². The predicted molar refractivity (Wildman–Crippen MR) is 155 cm³/mol. The van der Waals surface area contributed by atoms with Crippen molar-refractivity contribution >= 4 is 60.4 Å². The molecule has 0 bridgehead atoms. The van der Waals surface area contributed by atoms with Crippen molar-refractivity contribution in [1.29, 1.82) is 0 Å². The van der Waals surface area contributed by atoms with Crippen molar-refractivity contribution < 1.29 is 16.8 Å². The summed E-state index contributed by atoms with van der Waals surface area (Å²) in [6.45, 7) is 2.97. The largest absolute Gasteiger partial charge is 0.303 e. The third-order valence-electron chi connectivity index (χ3n) is 6.16. The molecule has 6 nitrogen and oxygen atoms in total. The van der Waals surface area contributed by atoms with Gasteiger partial charge in [-0.15, -0.1) is 12.8 Å². The van der Waals surface area contributed by atoms with Crippen molar-refractivity contribution in [2.24, 2.45) is 5.92 Å². The fourth-order valence-electron chi connectivity index (χ4n) is 4.35. The molecule has 1 fully saturated rings. The summed E-state index contributed by atoms with van der Waals surface area (Å²) in [6.07, 6.45) is 13.5. The van der Waals surface area contributed by atoms with Crippen molar-refractivity contribution in [3.05, 3.63) is 57.5 Å². The third kappa shape index (κ3) is 9.97. The maximum atomic E-state index is 13.5. The number of anilines is 1. The van der Waals surface area contributed by atoms with E-state index in [1.54, 1.807) is 30.3 Å². The molecule has 204 valence electrons. The minimum atomic E-state index is -3.87. The third-order valence-corrected chi connectivity index (χ3v) is 9.87. The summed E-state index contributed by atoms with van der Waals surface area (Å²) in [5.41, 5.74) is 0.349. The second-order valence-electron chi connectivity index (χ2n) is 9.06. The normalized spacial score (nSPS) is 15.1. The fourth-order valence-corrected chi connectivity index (χ4v) is 7.62. The van der Waals surface area contributed by atoms with Crippen LogP contribution in [0.25, 0.3) is 0 Å². The van der Waals surface area contributed by atoms with Crippen molar-refractivity contribution in [3.8, 4) is 12.8 Å². The number of terminal acetylenes is 1. The van der Waals surface area contributed by atoms with E-state index in [0.29, 0.717) is 27.2 Å². The highest BCUT2D eigenvalue weighted by Crippen LogP contribution is 2.33. The number of likely N-dealkylation sites (tertiary alicyclic amines) is 1. The van der Waals surface area contributed by atoms with Crippen LogP contribution in [0.5, 0.6) is 0 Å². The van der Waals surface area contributed by atoms with E-state index in [9.17, 15) is 16.8 Å². The Morgan fingerprint density at radius 1 is 0.892 bits per heavy atom. The summed E-state index contributed by atoms with van der Waals surface area (Å²) >= 11 is 18.5. The minimum absolute atomic E-state index is 0.134. The van der Waals surface area contributed by atoms with Gasteiger partial charge in [0.1, 0.15) is 9.84 Å². The lowest BCUT2D eigenvalue weighted by Gasteiger charge is -2.31. The summed E-state index contributed by atoms with van der Waals surface area (Å²) in [4.78, 5) is 2.49. The number of unbranched alkanes of at least 4 members (excludes halogenated alkanes) is 2. The molecular weight excluding hydrogens is 575 g/mol. The number of sulfonamides is 1. The summed E-state index contributed by atoms with van der Waals surface area (Å²) < 4.78 is 51.3. The molecule has 1 aliphatic rings. The quantitative estimate of drug-likeness (QED) is 0.231. The van der Waals surface area contributed by atoms with Gasteiger partial charge in [-0.2, -0.15) is 0 Å². The number of piperidine rings is 1. The molecule has 0 aliphatic carbocycles. The first-order valence-corrected chi connectivity index (χ1v) is 16.6. The molecule has 0 N–H and O–H groups in total. The van der Waals surface area contributed by atoms with Crippen LogP contribution in [0.2, 0.25) is 15.1 Å². The lowest BCUT2D eigenvalue weighted by molar-refractivity contribution is 0.190. The Balaban J connectivity index is 0.00000235. The average Bonchev–Trinajstić information content (AvgIpc) is 2.84. The van der Waals surface area contributed by atoms with E-state index >= 15 is 0 Å². The molecule has 0 saturated carbocycles. The molecule has 11 heteroatoms. The van der Waals surface area contributed by atoms with E-state index in [1.807, 2.05) is 0 Å². The van der Waals surface area contributed by atoms with Crippen LogP contribution >= 0.6 is 34.8 Å². The zero-order valence-corrected chi connectivity index (χ0v) is 24.7. The number of rotatable bonds is 11. The first kappa shape index (κ1) is 31.7. The molecule has 1 saturated heterocycles. The van der Waals surface area contributed by atoms with Gasteiger partial charge >= 0.3 is 0 Å². The maximum Gasteiger partial charge on any atom is 0.264 e. The standard InChI is InChI=1S/C24H31Cl3N2O4S2.C2H2/c1-34(30,31)18-19-11-15-28(16-12-19)13-3-2-4-14-29(24-17-21(26)7-10-23(24)27)35(32,33)22-8-5-20(25)6-9-22;1-2/h5-10,17,19H,2-4,11-16,18H2,1H3;1-2H. The van der Waals surface area contributed by atoms with Gasteiger partial charge in [-0.1, -0.05) is 41.2 Å². The van der Waals surface area contributed by atoms with E-state index in [1.165, 1.54) is 22.7 Å². The molecule has 0 atom stereocenters. The lowest BCUT2D eigenvalue weighted by atomic mass is 9.99. The van der Waals surface area contributed by atoms with Crippen LogP contribution in [-0.2, 0) is 19.9 Å². The first-order chi connectivity index (χ1) is 17.5. The van der Waals surface area contributed by atoms with Gasteiger partial charge in [0.25, 0.3) is 10.0 Å². The Morgan fingerprint density at radius 2 is 1.49 bits per heavy atom. The van der Waals surface area contributed by atoms with E-state index in [4.69, 9.17) is 34.8 Å². The van der Waals surface area contributed by atoms with Crippen molar-refractivity contribution in [1.82, 2.24) is 4.90 Å². The Bertz CT molecular complexity index is 1240. The van der Waals surface area contributed by atoms with E-state index in [2.05, 4.69) is 17.7 Å². The van der Waals surface area contributed by atoms with Gasteiger partial charge in [0, 0.05) is 22.8 Å². The van der Waals surface area contributed by atoms with Crippen molar-refractivity contribution in [3.63, 3.8) is 0 Å². The Kier molecular flexibility index (Phi) is 12.5. The summed E-state index contributed by atoms with van der Waals surface area (Å²) in [6, 6.07) is 10.8. The molecule has 0 amide bonds. The second-order valence-corrected chi connectivity index (χ2v) is 14.4. The number of hydrogen-bond acceptors (Lipinski definition) is 5. The van der Waals surface area contributed by atoms with Gasteiger partial charge in [0.2, 0.25) is 0 Å². The minimum Gasteiger partial charge on any atom is -0.303 e. The summed E-state index contributed by atoms with van der Waals surface area (Å²) in [5, 5.41) is 1.17. The topological polar surface area (TPSA) is 74.8 Å². The number of nitrogens with zero attached hydrogens (tertiary/aromatic N) is 2. The SMILES string of the molecule is C#C.CS(=O)(=O)CC1CCN(CCCCCN(c2cc(Cl)ccc2Cl)S(=O)(=O)c2ccc(Cl)cc2)CC1. The Hall–Kier alpha value is -1.47. The zero-order chi connectivity index (χ0) is 27.6. The average molecular weight is 608 g/mol. The highest BCUT2D eigenvalue weighted by molar-refractivity contribution is 7.92. The lowest BCUT2D eigenvalue weighted by Crippen LogP contribution is -2.36. The summed E-state index contributed by atoms with van der Waals surface area (Å²) in [5.74, 6) is 0.514. The number of sulfone groups is 1. The predicted octanol–water partition coefficient (Wildman–Crippen LogP) is 6.02. The van der Waals surface area contributed by atoms with Crippen LogP contribution in [0, 0.1) is 18.8 Å². The number of hydrogen-bond donors (Lipinski definition) is 0. The van der Waals surface area contributed by atoms with Gasteiger partial charge in [-0.05, 0) is 93.7 Å². The van der Waals surface area contributed by atoms with Crippen molar-refractivity contribution in [2.75, 3.05) is 42.5 Å². The molecule has 0 spiro atoms. The van der Waals surface area contributed by atoms with E-state index in [0.717, 1.165) is 45.3 Å². The molecule has 0 aromatic heterocycles. The highest BCUT2D eigenvalue weighted by atomic mass is 35.5.